The minimum Gasteiger partial charge on any atom is -0.490 e. The molecule has 40 heavy (non-hydrogen) atoms. The van der Waals surface area contributed by atoms with Crippen LogP contribution in [0.5, 0.6) is 5.75 Å². The molecule has 3 aromatic carbocycles. The number of ketones is 1. The maximum absolute atomic E-state index is 14.8. The molecule has 0 unspecified atom stereocenters. The van der Waals surface area contributed by atoms with Gasteiger partial charge >= 0.3 is 0 Å². The summed E-state index contributed by atoms with van der Waals surface area (Å²) in [6.07, 6.45) is 3.13. The lowest BCUT2D eigenvalue weighted by Gasteiger charge is -2.43. The van der Waals surface area contributed by atoms with Crippen molar-refractivity contribution >= 4 is 40.6 Å². The molecule has 2 amide bonds. The van der Waals surface area contributed by atoms with E-state index in [1.54, 1.807) is 30.3 Å². The molecule has 0 radical (unpaired) electrons. The molecule has 4 heterocycles. The predicted octanol–water partition coefficient (Wildman–Crippen LogP) is 5.23. The second kappa shape index (κ2) is 8.78. The fraction of sp³-hybridized carbons (Fsp3) is 0.281. The molecule has 7 nitrogen and oxygen atoms in total. The van der Waals surface area contributed by atoms with Crippen LogP contribution in [0.25, 0.3) is 0 Å². The Morgan fingerprint density at radius 2 is 1.93 bits per heavy atom. The number of ether oxygens (including phenoxy) is 1. The van der Waals surface area contributed by atoms with E-state index in [9.17, 15) is 14.4 Å². The van der Waals surface area contributed by atoms with Crippen LogP contribution >= 0.6 is 11.6 Å². The van der Waals surface area contributed by atoms with Crippen LogP contribution in [0, 0.1) is 12.8 Å². The normalized spacial score (nSPS) is 27.9. The number of hydrogen-bond donors (Lipinski definition) is 2. The molecule has 202 valence electrons. The van der Waals surface area contributed by atoms with Gasteiger partial charge in [0.1, 0.15) is 23.3 Å². The molecule has 4 atom stereocenters. The summed E-state index contributed by atoms with van der Waals surface area (Å²) in [5, 5.41) is 6.52. The topological polar surface area (TPSA) is 87.7 Å². The maximum atomic E-state index is 14.8. The Labute approximate surface area is 237 Å². The molecule has 3 aromatic rings. The Morgan fingerprint density at radius 1 is 1.10 bits per heavy atom. The second-order valence-electron chi connectivity index (χ2n) is 11.0. The Morgan fingerprint density at radius 3 is 2.75 bits per heavy atom. The number of benzene rings is 3. The fourth-order valence-electron chi connectivity index (χ4n) is 7.85. The van der Waals surface area contributed by atoms with E-state index < -0.39 is 16.9 Å². The largest absolute Gasteiger partial charge is 0.490 e. The van der Waals surface area contributed by atoms with E-state index in [1.165, 1.54) is 0 Å². The van der Waals surface area contributed by atoms with Gasteiger partial charge < -0.3 is 15.4 Å². The summed E-state index contributed by atoms with van der Waals surface area (Å²) < 4.78 is 5.73. The van der Waals surface area contributed by atoms with E-state index in [0.29, 0.717) is 58.4 Å². The number of fused-ring (bicyclic) bond motifs is 7. The molecule has 4 aliphatic rings. The smallest absolute Gasteiger partial charge is 0.251 e. The van der Waals surface area contributed by atoms with E-state index in [-0.39, 0.29) is 23.6 Å². The number of aryl methyl sites for hydroxylation is 1. The maximum Gasteiger partial charge on any atom is 0.251 e. The van der Waals surface area contributed by atoms with Crippen molar-refractivity contribution in [1.29, 1.82) is 0 Å². The van der Waals surface area contributed by atoms with Gasteiger partial charge in [-0.25, -0.2) is 0 Å². The summed E-state index contributed by atoms with van der Waals surface area (Å²) in [5.41, 5.74) is 0.781. The summed E-state index contributed by atoms with van der Waals surface area (Å²) in [6, 6.07) is 17.9. The number of Topliss-reactive ketones (excluding diaryl/α,β-unsaturated/α-hetero) is 1. The molecule has 0 saturated carbocycles. The summed E-state index contributed by atoms with van der Waals surface area (Å²) >= 11 is 6.71. The van der Waals surface area contributed by atoms with Crippen LogP contribution in [0.1, 0.15) is 39.9 Å². The number of para-hydroxylation sites is 1. The van der Waals surface area contributed by atoms with Crippen molar-refractivity contribution in [3.8, 4) is 5.75 Å². The molecule has 7 rings (SSSR count). The van der Waals surface area contributed by atoms with E-state index in [2.05, 4.69) is 22.1 Å². The van der Waals surface area contributed by atoms with Crippen molar-refractivity contribution in [2.75, 3.05) is 23.8 Å². The molecular formula is C32H28ClN3O4. The lowest BCUT2D eigenvalue weighted by atomic mass is 9.57. The van der Waals surface area contributed by atoms with Gasteiger partial charge in [0.2, 0.25) is 5.91 Å². The first kappa shape index (κ1) is 25.1. The van der Waals surface area contributed by atoms with Crippen LogP contribution in [-0.4, -0.2) is 41.7 Å². The zero-order valence-electron chi connectivity index (χ0n) is 22.0. The van der Waals surface area contributed by atoms with E-state index >= 15 is 0 Å². The van der Waals surface area contributed by atoms with Crippen molar-refractivity contribution in [2.45, 2.75) is 36.8 Å². The van der Waals surface area contributed by atoms with Crippen molar-refractivity contribution < 1.29 is 19.1 Å². The van der Waals surface area contributed by atoms with Crippen LogP contribution < -0.4 is 15.4 Å². The SMILES string of the molecule is C=CCOc1cccc(C(=O)[C@@H]2[C@H]3CCCN3[C@]3(C(=O)Nc4c(Cl)cc(C)cc43)[C@]23C(=O)Nc2ccccc23)c1. The number of carbonyl (C=O) groups excluding carboxylic acids is 3. The third-order valence-electron chi connectivity index (χ3n) is 9.07. The van der Waals surface area contributed by atoms with Crippen LogP contribution in [0.15, 0.2) is 73.3 Å². The van der Waals surface area contributed by atoms with Gasteiger partial charge in [-0.05, 0) is 61.7 Å². The molecule has 2 N–H and O–H groups in total. The average Bonchev–Trinajstić information content (AvgIpc) is 3.66. The number of carbonyl (C=O) groups is 3. The lowest BCUT2D eigenvalue weighted by molar-refractivity contribution is -0.137. The number of nitrogens with zero attached hydrogens (tertiary/aromatic N) is 1. The standard InChI is InChI=1S/C32H28ClN3O4/c1-3-14-40-20-9-6-8-19(17-20)28(37)26-25-12-7-13-36(25)32(22-15-18(2)16-23(33)27(22)35-30(32)39)31(26)21-10-4-5-11-24(21)34-29(31)38/h3-6,8-11,15-17,25-26H,1,7,12-14H2,2H3,(H,34,38)(H,35,39)/t25-,26+,31+,32-/m1/s1. The molecule has 0 aliphatic carbocycles. The van der Waals surface area contributed by atoms with Gasteiger partial charge in [0.15, 0.2) is 5.78 Å². The molecule has 0 bridgehead atoms. The fourth-order valence-corrected chi connectivity index (χ4v) is 8.17. The molecule has 4 aliphatic heterocycles. The van der Waals surface area contributed by atoms with Gasteiger partial charge in [0.05, 0.1) is 16.6 Å². The van der Waals surface area contributed by atoms with E-state index in [4.69, 9.17) is 16.3 Å². The second-order valence-corrected chi connectivity index (χ2v) is 11.4. The number of nitrogens with one attached hydrogen (secondary N) is 2. The highest BCUT2D eigenvalue weighted by molar-refractivity contribution is 6.35. The highest BCUT2D eigenvalue weighted by Crippen LogP contribution is 2.68. The molecule has 2 spiro atoms. The number of amides is 2. The first-order chi connectivity index (χ1) is 19.3. The number of rotatable bonds is 5. The highest BCUT2D eigenvalue weighted by Gasteiger charge is 2.81. The summed E-state index contributed by atoms with van der Waals surface area (Å²) in [7, 11) is 0. The first-order valence-electron chi connectivity index (χ1n) is 13.5. The Hall–Kier alpha value is -3.94. The Bertz CT molecular complexity index is 1640. The zero-order valence-corrected chi connectivity index (χ0v) is 22.8. The third kappa shape index (κ3) is 2.96. The van der Waals surface area contributed by atoms with Gasteiger partial charge in [-0.1, -0.05) is 60.7 Å². The average molecular weight is 554 g/mol. The molecular weight excluding hydrogens is 526 g/mol. The van der Waals surface area contributed by atoms with Crippen LogP contribution in [0.3, 0.4) is 0 Å². The minimum absolute atomic E-state index is 0.190. The lowest BCUT2D eigenvalue weighted by Crippen LogP contribution is -2.62. The Balaban J connectivity index is 1.54. The van der Waals surface area contributed by atoms with Gasteiger partial charge in [-0.3, -0.25) is 19.3 Å². The van der Waals surface area contributed by atoms with Crippen molar-refractivity contribution in [3.05, 3.63) is 101 Å². The highest BCUT2D eigenvalue weighted by atomic mass is 35.5. The van der Waals surface area contributed by atoms with Gasteiger partial charge in [-0.2, -0.15) is 0 Å². The van der Waals surface area contributed by atoms with Crippen LogP contribution in [0.4, 0.5) is 11.4 Å². The van der Waals surface area contributed by atoms with Gasteiger partial charge in [-0.15, -0.1) is 0 Å². The number of anilines is 2. The first-order valence-corrected chi connectivity index (χ1v) is 13.9. The van der Waals surface area contributed by atoms with Crippen LogP contribution in [0.2, 0.25) is 5.02 Å². The number of hydrogen-bond acceptors (Lipinski definition) is 5. The molecule has 2 fully saturated rings. The molecule has 8 heteroatoms. The summed E-state index contributed by atoms with van der Waals surface area (Å²) in [4.78, 5) is 46.0. The molecule has 2 saturated heterocycles. The minimum atomic E-state index is -1.52. The van der Waals surface area contributed by atoms with Crippen LogP contribution in [-0.2, 0) is 20.5 Å². The zero-order chi connectivity index (χ0) is 27.8. The quantitative estimate of drug-likeness (QED) is 0.334. The monoisotopic (exact) mass is 553 g/mol. The van der Waals surface area contributed by atoms with Crippen molar-refractivity contribution in [1.82, 2.24) is 4.90 Å². The van der Waals surface area contributed by atoms with E-state index in [1.807, 2.05) is 43.3 Å². The predicted molar refractivity (Wildman–Crippen MR) is 153 cm³/mol. The van der Waals surface area contributed by atoms with Gasteiger partial charge in [0.25, 0.3) is 5.91 Å². The van der Waals surface area contributed by atoms with E-state index in [0.717, 1.165) is 12.0 Å². The van der Waals surface area contributed by atoms with Crippen molar-refractivity contribution in [3.63, 3.8) is 0 Å². The summed E-state index contributed by atoms with van der Waals surface area (Å²) in [6.45, 7) is 6.50. The Kier molecular flexibility index (Phi) is 5.50. The third-order valence-corrected chi connectivity index (χ3v) is 9.37. The number of halogens is 1. The van der Waals surface area contributed by atoms with Crippen molar-refractivity contribution in [2.24, 2.45) is 5.92 Å². The molecule has 0 aromatic heterocycles. The van der Waals surface area contributed by atoms with Gasteiger partial charge in [0, 0.05) is 22.9 Å². The summed E-state index contributed by atoms with van der Waals surface area (Å²) in [5.74, 6) is -1.15.